The molecule has 6 heterocycles. The van der Waals surface area contributed by atoms with Crippen LogP contribution in [0.1, 0.15) is 35.5 Å². The summed E-state index contributed by atoms with van der Waals surface area (Å²) in [7, 11) is 0. The maximum Gasteiger partial charge on any atom is 0.252 e. The van der Waals surface area contributed by atoms with Gasteiger partial charge in [-0.15, -0.1) is 0 Å². The average Bonchev–Trinajstić information content (AvgIpc) is 3.72. The highest BCUT2D eigenvalue weighted by molar-refractivity contribution is 6.31. The molecule has 8 atom stereocenters. The lowest BCUT2D eigenvalue weighted by atomic mass is 9.89. The van der Waals surface area contributed by atoms with Crippen molar-refractivity contribution >= 4 is 49.5 Å². The number of hydrogen-bond acceptors (Lipinski definition) is 9. The molecule has 3 aromatic carbocycles. The molecule has 1 amide bonds. The third-order valence-corrected chi connectivity index (χ3v) is 10.3. The molecule has 0 saturated carbocycles. The van der Waals surface area contributed by atoms with Gasteiger partial charge in [0.25, 0.3) is 5.91 Å². The zero-order valence-electron chi connectivity index (χ0n) is 23.7. The molecule has 2 fully saturated rings. The van der Waals surface area contributed by atoms with Crippen molar-refractivity contribution in [3.8, 4) is 0 Å². The third-order valence-electron chi connectivity index (χ3n) is 10.3. The standard InChI is InChI=1S/C32H31N3O9/c1-31-32(41,13-42-30-28(39)27(38)26(37)19(12-36)43-30)10-20(44-31)34-17-8-4-2-6-14(17)22-23-16(11-33-29(23)40)21-15-7-3-5-9-18(15)35(31)25(21)24(22)34/h2-9,19-20,26-28,30,36-39,41H,10-13H2,1H3,(H,33,40). The van der Waals surface area contributed by atoms with E-state index in [2.05, 4.69) is 9.88 Å². The van der Waals surface area contributed by atoms with Crippen molar-refractivity contribution in [1.29, 1.82) is 0 Å². The number of rotatable bonds is 4. The molecule has 0 spiro atoms. The highest BCUT2D eigenvalue weighted by Gasteiger charge is 2.62. The van der Waals surface area contributed by atoms with Gasteiger partial charge in [-0.25, -0.2) is 0 Å². The van der Waals surface area contributed by atoms with Gasteiger partial charge >= 0.3 is 0 Å². The molecule has 2 bridgehead atoms. The monoisotopic (exact) mass is 601 g/mol. The molecule has 4 aliphatic rings. The van der Waals surface area contributed by atoms with Crippen LogP contribution in [0.25, 0.3) is 43.6 Å². The summed E-state index contributed by atoms with van der Waals surface area (Å²) in [4.78, 5) is 13.4. The summed E-state index contributed by atoms with van der Waals surface area (Å²) >= 11 is 0. The van der Waals surface area contributed by atoms with Gasteiger partial charge in [0, 0.05) is 34.5 Å². The Balaban J connectivity index is 1.30. The second-order valence-electron chi connectivity index (χ2n) is 12.5. The van der Waals surface area contributed by atoms with Gasteiger partial charge in [0.2, 0.25) is 0 Å². The Bertz CT molecular complexity index is 2050. The van der Waals surface area contributed by atoms with E-state index in [1.807, 2.05) is 60.0 Å². The fourth-order valence-electron chi connectivity index (χ4n) is 8.14. The van der Waals surface area contributed by atoms with Crippen LogP contribution in [0.15, 0.2) is 48.5 Å². The summed E-state index contributed by atoms with van der Waals surface area (Å²) in [6.45, 7) is 1.23. The number of benzene rings is 3. The van der Waals surface area contributed by atoms with Crippen molar-refractivity contribution in [3.63, 3.8) is 0 Å². The first-order chi connectivity index (χ1) is 21.2. The molecule has 0 radical (unpaired) electrons. The minimum Gasteiger partial charge on any atom is -0.394 e. The Morgan fingerprint density at radius 2 is 1.68 bits per heavy atom. The summed E-state index contributed by atoms with van der Waals surface area (Å²) in [5.41, 5.74) is 1.85. The first-order valence-electron chi connectivity index (χ1n) is 14.8. The molecule has 228 valence electrons. The van der Waals surface area contributed by atoms with E-state index in [4.69, 9.17) is 14.2 Å². The minimum atomic E-state index is -1.69. The van der Waals surface area contributed by atoms with E-state index in [1.165, 1.54) is 0 Å². The van der Waals surface area contributed by atoms with Crippen LogP contribution in [0.5, 0.6) is 0 Å². The van der Waals surface area contributed by atoms with E-state index in [1.54, 1.807) is 0 Å². The molecule has 4 aliphatic heterocycles. The van der Waals surface area contributed by atoms with Gasteiger partial charge in [-0.1, -0.05) is 36.4 Å². The molecule has 6 N–H and O–H groups in total. The first kappa shape index (κ1) is 26.8. The van der Waals surface area contributed by atoms with E-state index >= 15 is 0 Å². The third kappa shape index (κ3) is 3.07. The molecule has 0 aliphatic carbocycles. The number of nitrogens with zero attached hydrogens (tertiary/aromatic N) is 2. The van der Waals surface area contributed by atoms with E-state index in [9.17, 15) is 30.3 Å². The van der Waals surface area contributed by atoms with Crippen molar-refractivity contribution < 1.29 is 44.5 Å². The van der Waals surface area contributed by atoms with Crippen LogP contribution in [0.4, 0.5) is 0 Å². The predicted molar refractivity (Wildman–Crippen MR) is 157 cm³/mol. The molecule has 9 rings (SSSR count). The van der Waals surface area contributed by atoms with Crippen LogP contribution in [0, 0.1) is 0 Å². The maximum atomic E-state index is 13.4. The largest absolute Gasteiger partial charge is 0.394 e. The van der Waals surface area contributed by atoms with Crippen molar-refractivity contribution in [2.45, 2.75) is 68.1 Å². The van der Waals surface area contributed by atoms with Crippen molar-refractivity contribution in [2.24, 2.45) is 0 Å². The van der Waals surface area contributed by atoms with Crippen LogP contribution < -0.4 is 5.32 Å². The molecular formula is C32H31N3O9. The van der Waals surface area contributed by atoms with Gasteiger partial charge < -0.3 is 54.2 Å². The minimum absolute atomic E-state index is 0.0887. The smallest absolute Gasteiger partial charge is 0.252 e. The van der Waals surface area contributed by atoms with E-state index in [0.717, 1.165) is 49.2 Å². The number of carbonyl (C=O) groups excluding carboxylic acids is 1. The van der Waals surface area contributed by atoms with Gasteiger partial charge in [-0.05, 0) is 24.6 Å². The average molecular weight is 602 g/mol. The summed E-state index contributed by atoms with van der Waals surface area (Å²) in [5, 5.41) is 60.1. The quantitative estimate of drug-likeness (QED) is 0.178. The molecule has 44 heavy (non-hydrogen) atoms. The van der Waals surface area contributed by atoms with Gasteiger partial charge in [0.05, 0.1) is 40.8 Å². The zero-order valence-corrected chi connectivity index (χ0v) is 23.7. The summed E-state index contributed by atoms with van der Waals surface area (Å²) in [6.07, 6.45) is -7.90. The number of ether oxygens (including phenoxy) is 3. The number of hydrogen-bond donors (Lipinski definition) is 6. The summed E-state index contributed by atoms with van der Waals surface area (Å²) in [6, 6.07) is 15.7. The Morgan fingerprint density at radius 3 is 2.43 bits per heavy atom. The number of aromatic nitrogens is 2. The lowest BCUT2D eigenvalue weighted by Crippen LogP contribution is -2.61. The zero-order chi connectivity index (χ0) is 30.3. The molecule has 5 aromatic rings. The second kappa shape index (κ2) is 8.77. The normalized spacial score (nSPS) is 34.5. The molecule has 8 unspecified atom stereocenters. The van der Waals surface area contributed by atoms with Gasteiger partial charge in [-0.2, -0.15) is 0 Å². The lowest BCUT2D eigenvalue weighted by Gasteiger charge is -2.43. The van der Waals surface area contributed by atoms with Crippen molar-refractivity contribution in [3.05, 3.63) is 59.7 Å². The van der Waals surface area contributed by atoms with Crippen LogP contribution in [0.3, 0.4) is 0 Å². The van der Waals surface area contributed by atoms with E-state index in [-0.39, 0.29) is 18.9 Å². The Kier molecular flexibility index (Phi) is 5.34. The topological polar surface area (TPSA) is 168 Å². The number of carbonyl (C=O) groups is 1. The van der Waals surface area contributed by atoms with Gasteiger partial charge in [-0.3, -0.25) is 4.79 Å². The highest BCUT2D eigenvalue weighted by Crippen LogP contribution is 2.57. The Hall–Kier alpha value is -3.59. The molecule has 2 aromatic heterocycles. The molecule has 12 heteroatoms. The summed E-state index contributed by atoms with van der Waals surface area (Å²) < 4.78 is 22.6. The van der Waals surface area contributed by atoms with Crippen LogP contribution in [-0.4, -0.2) is 90.1 Å². The summed E-state index contributed by atoms with van der Waals surface area (Å²) in [5.74, 6) is -0.118. The fourth-order valence-corrected chi connectivity index (χ4v) is 8.14. The lowest BCUT2D eigenvalue weighted by molar-refractivity contribution is -0.315. The van der Waals surface area contributed by atoms with Gasteiger partial charge in [0.1, 0.15) is 36.2 Å². The molecule has 2 saturated heterocycles. The Morgan fingerprint density at radius 1 is 0.977 bits per heavy atom. The number of fused-ring (bicyclic) bond motifs is 13. The Labute approximate surface area is 249 Å². The molecule has 12 nitrogen and oxygen atoms in total. The van der Waals surface area contributed by atoms with E-state index < -0.39 is 54.9 Å². The van der Waals surface area contributed by atoms with Crippen LogP contribution in [-0.2, 0) is 26.5 Å². The second-order valence-corrected chi connectivity index (χ2v) is 12.5. The number of para-hydroxylation sites is 2. The number of aliphatic hydroxyl groups is 5. The van der Waals surface area contributed by atoms with Crippen LogP contribution in [0.2, 0.25) is 0 Å². The van der Waals surface area contributed by atoms with Crippen molar-refractivity contribution in [2.75, 3.05) is 13.2 Å². The number of nitrogens with one attached hydrogen (secondary N) is 1. The van der Waals surface area contributed by atoms with E-state index in [0.29, 0.717) is 12.1 Å². The van der Waals surface area contributed by atoms with Gasteiger partial charge in [0.15, 0.2) is 12.0 Å². The first-order valence-corrected chi connectivity index (χ1v) is 14.8. The molecular weight excluding hydrogens is 570 g/mol. The van der Waals surface area contributed by atoms with Crippen LogP contribution >= 0.6 is 0 Å². The number of aliphatic hydroxyl groups excluding tert-OH is 4. The fraction of sp³-hybridized carbons (Fsp3) is 0.406. The maximum absolute atomic E-state index is 13.4. The van der Waals surface area contributed by atoms with Crippen molar-refractivity contribution in [1.82, 2.24) is 14.5 Å². The highest BCUT2D eigenvalue weighted by atomic mass is 16.7. The SMILES string of the molecule is CC12OC(CC1(O)COC1OC(CO)C(O)C(O)C1O)n1c3ccccc3c3c4c(c5c6ccccc6n2c5c31)CNC4=O. The number of amides is 1. The predicted octanol–water partition coefficient (Wildman–Crippen LogP) is 1.30.